The Bertz CT molecular complexity index is 935. The van der Waals surface area contributed by atoms with Crippen LogP contribution in [-0.2, 0) is 0 Å². The number of nitrogens with one attached hydrogen (secondary N) is 2. The van der Waals surface area contributed by atoms with Gasteiger partial charge in [0, 0.05) is 22.5 Å². The van der Waals surface area contributed by atoms with Crippen molar-refractivity contribution in [1.82, 2.24) is 0 Å². The molecule has 26 heavy (non-hydrogen) atoms. The molecule has 0 aliphatic heterocycles. The Kier molecular flexibility index (Phi) is 5.08. The number of amides is 2. The van der Waals surface area contributed by atoms with E-state index in [2.05, 4.69) is 10.6 Å². The van der Waals surface area contributed by atoms with Crippen LogP contribution in [0.3, 0.4) is 0 Å². The Morgan fingerprint density at radius 1 is 0.731 bits per heavy atom. The second-order valence-corrected chi connectivity index (χ2v) is 5.86. The molecule has 0 saturated carbocycles. The van der Waals surface area contributed by atoms with Gasteiger partial charge in [-0.05, 0) is 61.5 Å². The number of aryl methyl sites for hydroxylation is 1. The highest BCUT2D eigenvalue weighted by atomic mass is 19.1. The minimum atomic E-state index is -0.425. The summed E-state index contributed by atoms with van der Waals surface area (Å²) in [4.78, 5) is 24.5. The zero-order valence-electron chi connectivity index (χ0n) is 14.1. The second-order valence-electron chi connectivity index (χ2n) is 5.86. The Balaban J connectivity index is 1.66. The quantitative estimate of drug-likeness (QED) is 0.722. The van der Waals surface area contributed by atoms with Crippen LogP contribution in [-0.4, -0.2) is 11.8 Å². The zero-order chi connectivity index (χ0) is 18.5. The van der Waals surface area contributed by atoms with Crippen LogP contribution in [0.5, 0.6) is 0 Å². The summed E-state index contributed by atoms with van der Waals surface area (Å²) < 4.78 is 13.2. The first-order valence-electron chi connectivity index (χ1n) is 8.06. The predicted octanol–water partition coefficient (Wildman–Crippen LogP) is 4.64. The lowest BCUT2D eigenvalue weighted by Crippen LogP contribution is -2.14. The molecule has 0 radical (unpaired) electrons. The van der Waals surface area contributed by atoms with Crippen LogP contribution in [0.2, 0.25) is 0 Å². The SMILES string of the molecule is Cc1ccc(NC(=O)c2ccc(C(=O)Nc3cccc(F)c3)cc2)cc1. The summed E-state index contributed by atoms with van der Waals surface area (Å²) in [6.45, 7) is 1.97. The zero-order valence-corrected chi connectivity index (χ0v) is 14.1. The molecule has 2 N–H and O–H groups in total. The first-order chi connectivity index (χ1) is 12.5. The molecular weight excluding hydrogens is 331 g/mol. The van der Waals surface area contributed by atoms with Crippen molar-refractivity contribution in [3.05, 3.63) is 95.3 Å². The maximum Gasteiger partial charge on any atom is 0.255 e. The lowest BCUT2D eigenvalue weighted by molar-refractivity contribution is 0.101. The monoisotopic (exact) mass is 348 g/mol. The summed E-state index contributed by atoms with van der Waals surface area (Å²) in [6, 6.07) is 19.4. The van der Waals surface area contributed by atoms with Crippen LogP contribution in [0.25, 0.3) is 0 Å². The Morgan fingerprint density at radius 2 is 1.27 bits per heavy atom. The molecule has 0 spiro atoms. The Hall–Kier alpha value is -3.47. The molecule has 0 unspecified atom stereocenters. The summed E-state index contributed by atoms with van der Waals surface area (Å²) in [5.74, 6) is -1.06. The fourth-order valence-electron chi connectivity index (χ4n) is 2.38. The number of carbonyl (C=O) groups is 2. The van der Waals surface area contributed by atoms with E-state index in [4.69, 9.17) is 0 Å². The standard InChI is InChI=1S/C21H17FN2O2/c1-14-5-11-18(12-6-14)23-20(25)15-7-9-16(10-8-15)21(26)24-19-4-2-3-17(22)13-19/h2-13H,1H3,(H,23,25)(H,24,26). The first kappa shape index (κ1) is 17.4. The average molecular weight is 348 g/mol. The van der Waals surface area contributed by atoms with E-state index in [0.717, 1.165) is 5.56 Å². The summed E-state index contributed by atoms with van der Waals surface area (Å²) >= 11 is 0. The van der Waals surface area contributed by atoms with Crippen molar-refractivity contribution in [2.45, 2.75) is 6.92 Å². The van der Waals surface area contributed by atoms with Gasteiger partial charge in [-0.1, -0.05) is 23.8 Å². The maximum absolute atomic E-state index is 13.2. The Morgan fingerprint density at radius 3 is 1.81 bits per heavy atom. The molecule has 0 bridgehead atoms. The van der Waals surface area contributed by atoms with Gasteiger partial charge in [-0.3, -0.25) is 9.59 Å². The summed E-state index contributed by atoms with van der Waals surface area (Å²) in [6.07, 6.45) is 0. The molecule has 5 heteroatoms. The van der Waals surface area contributed by atoms with Crippen molar-refractivity contribution in [2.75, 3.05) is 10.6 Å². The van der Waals surface area contributed by atoms with Crippen LogP contribution in [0.15, 0.2) is 72.8 Å². The van der Waals surface area contributed by atoms with Gasteiger partial charge in [0.2, 0.25) is 0 Å². The van der Waals surface area contributed by atoms with Crippen molar-refractivity contribution in [1.29, 1.82) is 0 Å². The number of hydrogen-bond acceptors (Lipinski definition) is 2. The van der Waals surface area contributed by atoms with E-state index < -0.39 is 5.82 Å². The molecular formula is C21H17FN2O2. The summed E-state index contributed by atoms with van der Waals surface area (Å²) in [5, 5.41) is 5.41. The van der Waals surface area contributed by atoms with E-state index in [-0.39, 0.29) is 11.8 Å². The average Bonchev–Trinajstić information content (AvgIpc) is 2.64. The summed E-state index contributed by atoms with van der Waals surface area (Å²) in [5.41, 5.74) is 3.00. The molecule has 0 fully saturated rings. The molecule has 0 atom stereocenters. The molecule has 130 valence electrons. The van der Waals surface area contributed by atoms with Crippen LogP contribution < -0.4 is 10.6 Å². The fraction of sp³-hybridized carbons (Fsp3) is 0.0476. The minimum absolute atomic E-state index is 0.258. The van der Waals surface area contributed by atoms with E-state index in [0.29, 0.717) is 22.5 Å². The third-order valence-corrected chi connectivity index (χ3v) is 3.80. The highest BCUT2D eigenvalue weighted by Crippen LogP contribution is 2.14. The van der Waals surface area contributed by atoms with Crippen LogP contribution >= 0.6 is 0 Å². The minimum Gasteiger partial charge on any atom is -0.322 e. The highest BCUT2D eigenvalue weighted by molar-refractivity contribution is 6.07. The van der Waals surface area contributed by atoms with Crippen molar-refractivity contribution >= 4 is 23.2 Å². The largest absolute Gasteiger partial charge is 0.322 e. The van der Waals surface area contributed by atoms with E-state index in [9.17, 15) is 14.0 Å². The topological polar surface area (TPSA) is 58.2 Å². The van der Waals surface area contributed by atoms with Gasteiger partial charge in [0.15, 0.2) is 0 Å². The van der Waals surface area contributed by atoms with Crippen molar-refractivity contribution in [3.63, 3.8) is 0 Å². The molecule has 4 nitrogen and oxygen atoms in total. The number of rotatable bonds is 4. The molecule has 2 amide bonds. The predicted molar refractivity (Wildman–Crippen MR) is 99.9 cm³/mol. The molecule has 0 heterocycles. The summed E-state index contributed by atoms with van der Waals surface area (Å²) in [7, 11) is 0. The normalized spacial score (nSPS) is 10.2. The van der Waals surface area contributed by atoms with E-state index in [1.807, 2.05) is 31.2 Å². The smallest absolute Gasteiger partial charge is 0.255 e. The lowest BCUT2D eigenvalue weighted by atomic mass is 10.1. The van der Waals surface area contributed by atoms with Gasteiger partial charge >= 0.3 is 0 Å². The maximum atomic E-state index is 13.2. The van der Waals surface area contributed by atoms with Crippen molar-refractivity contribution in [3.8, 4) is 0 Å². The molecule has 0 aromatic heterocycles. The van der Waals surface area contributed by atoms with Crippen LogP contribution in [0, 0.1) is 12.7 Å². The third kappa shape index (κ3) is 4.33. The Labute approximate surface area is 150 Å². The van der Waals surface area contributed by atoms with Crippen LogP contribution in [0.4, 0.5) is 15.8 Å². The van der Waals surface area contributed by atoms with Gasteiger partial charge in [-0.25, -0.2) is 4.39 Å². The van der Waals surface area contributed by atoms with E-state index in [1.54, 1.807) is 30.3 Å². The molecule has 0 aliphatic carbocycles. The van der Waals surface area contributed by atoms with Gasteiger partial charge in [-0.2, -0.15) is 0 Å². The highest BCUT2D eigenvalue weighted by Gasteiger charge is 2.10. The molecule has 3 rings (SSSR count). The van der Waals surface area contributed by atoms with Gasteiger partial charge < -0.3 is 10.6 Å². The molecule has 0 saturated heterocycles. The number of carbonyl (C=O) groups excluding carboxylic acids is 2. The number of anilines is 2. The lowest BCUT2D eigenvalue weighted by Gasteiger charge is -2.08. The van der Waals surface area contributed by atoms with Gasteiger partial charge in [0.05, 0.1) is 0 Å². The molecule has 0 aliphatic rings. The third-order valence-electron chi connectivity index (χ3n) is 3.80. The second kappa shape index (κ2) is 7.61. The van der Waals surface area contributed by atoms with Crippen molar-refractivity contribution in [2.24, 2.45) is 0 Å². The molecule has 3 aromatic rings. The number of hydrogen-bond donors (Lipinski definition) is 2. The van der Waals surface area contributed by atoms with Gasteiger partial charge in [0.25, 0.3) is 11.8 Å². The molecule has 3 aromatic carbocycles. The van der Waals surface area contributed by atoms with Crippen molar-refractivity contribution < 1.29 is 14.0 Å². The van der Waals surface area contributed by atoms with E-state index in [1.165, 1.54) is 18.2 Å². The van der Waals surface area contributed by atoms with Gasteiger partial charge in [-0.15, -0.1) is 0 Å². The number of halogens is 1. The first-order valence-corrected chi connectivity index (χ1v) is 8.06. The fourth-order valence-corrected chi connectivity index (χ4v) is 2.38. The van der Waals surface area contributed by atoms with Gasteiger partial charge in [0.1, 0.15) is 5.82 Å². The van der Waals surface area contributed by atoms with E-state index >= 15 is 0 Å². The van der Waals surface area contributed by atoms with Crippen LogP contribution in [0.1, 0.15) is 26.3 Å². The number of benzene rings is 3.